The highest BCUT2D eigenvalue weighted by atomic mass is 35.5. The van der Waals surface area contributed by atoms with Crippen LogP contribution in [0.15, 0.2) is 84.9 Å². The van der Waals surface area contributed by atoms with Gasteiger partial charge in [-0.15, -0.1) is 12.4 Å². The lowest BCUT2D eigenvalue weighted by Crippen LogP contribution is -2.45. The van der Waals surface area contributed by atoms with E-state index in [1.807, 2.05) is 30.3 Å². The molecule has 1 saturated heterocycles. The molecule has 6 heteroatoms. The molecule has 2 heterocycles. The number of nitrogens with zero attached hydrogens (tertiary/aromatic N) is 2. The van der Waals surface area contributed by atoms with Crippen molar-refractivity contribution in [2.75, 3.05) is 26.2 Å². The second-order valence-corrected chi connectivity index (χ2v) is 11.0. The van der Waals surface area contributed by atoms with E-state index in [1.165, 1.54) is 0 Å². The van der Waals surface area contributed by atoms with E-state index in [9.17, 15) is 9.59 Å². The molecule has 0 spiro atoms. The molecule has 6 rings (SSSR count). The monoisotopic (exact) mass is 555 g/mol. The fourth-order valence-corrected chi connectivity index (χ4v) is 6.74. The van der Waals surface area contributed by atoms with Crippen LogP contribution in [-0.4, -0.2) is 53.8 Å². The van der Waals surface area contributed by atoms with Crippen LogP contribution in [0, 0.1) is 0 Å². The Morgan fingerprint density at radius 2 is 1.50 bits per heavy atom. The van der Waals surface area contributed by atoms with Crippen molar-refractivity contribution in [2.24, 2.45) is 0 Å². The molecule has 0 aromatic heterocycles. The van der Waals surface area contributed by atoms with Crippen molar-refractivity contribution in [2.45, 2.75) is 50.6 Å². The molecule has 3 aliphatic rings. The lowest BCUT2D eigenvalue weighted by atomic mass is 9.74. The third-order valence-corrected chi connectivity index (χ3v) is 8.79. The summed E-state index contributed by atoms with van der Waals surface area (Å²) in [6.07, 6.45) is 7.97. The standard InChI is InChI=1S/C34H37N3O2.ClH/c1-2-20-35-33(39)34(30-15-7-5-13-28(30)29-14-6-8-16-31(29)34)19-9-10-21-36-22-17-26(18-23-36)37-24-25-11-3-4-12-27(25)32(37)38;/h3-16,26H,2,17-24H2,1H3,(H,35,39);1H/b10-9-;. The Balaban J connectivity index is 0.00000323. The van der Waals surface area contributed by atoms with Crippen molar-refractivity contribution in [1.29, 1.82) is 0 Å². The molecule has 1 fully saturated rings. The average Bonchev–Trinajstić information content (AvgIpc) is 3.47. The molecule has 3 aromatic carbocycles. The molecule has 1 N–H and O–H groups in total. The minimum atomic E-state index is -0.711. The second-order valence-electron chi connectivity index (χ2n) is 11.0. The number of likely N-dealkylation sites (tertiary alicyclic amines) is 1. The summed E-state index contributed by atoms with van der Waals surface area (Å²) in [4.78, 5) is 31.3. The topological polar surface area (TPSA) is 52.7 Å². The zero-order valence-electron chi connectivity index (χ0n) is 23.1. The summed E-state index contributed by atoms with van der Waals surface area (Å²) < 4.78 is 0. The maximum atomic E-state index is 13.8. The number of carbonyl (C=O) groups excluding carboxylic acids is 2. The van der Waals surface area contributed by atoms with Gasteiger partial charge >= 0.3 is 0 Å². The first kappa shape index (κ1) is 28.1. The summed E-state index contributed by atoms with van der Waals surface area (Å²) in [7, 11) is 0. The third-order valence-electron chi connectivity index (χ3n) is 8.79. The third kappa shape index (κ3) is 4.86. The zero-order valence-corrected chi connectivity index (χ0v) is 24.0. The quantitative estimate of drug-likeness (QED) is 0.349. The van der Waals surface area contributed by atoms with Crippen LogP contribution in [0.1, 0.15) is 59.7 Å². The van der Waals surface area contributed by atoms with E-state index < -0.39 is 5.41 Å². The number of benzene rings is 3. The van der Waals surface area contributed by atoms with Crippen LogP contribution in [0.25, 0.3) is 11.1 Å². The molecule has 2 aliphatic heterocycles. The summed E-state index contributed by atoms with van der Waals surface area (Å²) in [5.74, 6) is 0.274. The Bertz CT molecular complexity index is 1360. The van der Waals surface area contributed by atoms with Crippen molar-refractivity contribution in [3.63, 3.8) is 0 Å². The predicted molar refractivity (Wildman–Crippen MR) is 163 cm³/mol. The lowest BCUT2D eigenvalue weighted by Gasteiger charge is -2.36. The van der Waals surface area contributed by atoms with E-state index in [2.05, 4.69) is 76.7 Å². The minimum Gasteiger partial charge on any atom is -0.355 e. The first-order valence-corrected chi connectivity index (χ1v) is 14.4. The first-order chi connectivity index (χ1) is 19.1. The Hall–Kier alpha value is -3.41. The maximum Gasteiger partial charge on any atom is 0.254 e. The van der Waals surface area contributed by atoms with Crippen molar-refractivity contribution in [3.8, 4) is 11.1 Å². The summed E-state index contributed by atoms with van der Waals surface area (Å²) in [5.41, 5.74) is 5.83. The number of fused-ring (bicyclic) bond motifs is 4. The largest absolute Gasteiger partial charge is 0.355 e. The number of allylic oxidation sites excluding steroid dienone is 1. The van der Waals surface area contributed by atoms with Gasteiger partial charge in [0, 0.05) is 44.3 Å². The first-order valence-electron chi connectivity index (χ1n) is 14.4. The summed E-state index contributed by atoms with van der Waals surface area (Å²) in [5, 5.41) is 3.21. The Morgan fingerprint density at radius 1 is 0.900 bits per heavy atom. The number of hydrogen-bond donors (Lipinski definition) is 1. The van der Waals surface area contributed by atoms with Gasteiger partial charge in [0.15, 0.2) is 0 Å². The molecule has 1 aliphatic carbocycles. The Kier molecular flexibility index (Phi) is 8.43. The number of carbonyl (C=O) groups is 2. The van der Waals surface area contributed by atoms with E-state index >= 15 is 0 Å². The van der Waals surface area contributed by atoms with Gasteiger partial charge < -0.3 is 10.2 Å². The number of amides is 2. The van der Waals surface area contributed by atoms with Crippen LogP contribution in [-0.2, 0) is 16.8 Å². The van der Waals surface area contributed by atoms with Crippen molar-refractivity contribution >= 4 is 24.2 Å². The average molecular weight is 556 g/mol. The number of nitrogens with one attached hydrogen (secondary N) is 1. The van der Waals surface area contributed by atoms with Crippen LogP contribution >= 0.6 is 12.4 Å². The number of rotatable bonds is 8. The normalized spacial score (nSPS) is 17.8. The summed E-state index contributed by atoms with van der Waals surface area (Å²) in [6, 6.07) is 25.0. The fourth-order valence-electron chi connectivity index (χ4n) is 6.74. The SMILES string of the molecule is CCCNC(=O)C1(C/C=C\CN2CCC(N3Cc4ccccc4C3=O)CC2)c2ccccc2-c2ccccc21.Cl. The molecule has 0 bridgehead atoms. The molecular formula is C34H38ClN3O2. The van der Waals surface area contributed by atoms with Crippen molar-refractivity contribution < 1.29 is 9.59 Å². The van der Waals surface area contributed by atoms with Gasteiger partial charge in [-0.3, -0.25) is 14.5 Å². The van der Waals surface area contributed by atoms with Gasteiger partial charge in [0.2, 0.25) is 5.91 Å². The molecule has 0 radical (unpaired) electrons. The van der Waals surface area contributed by atoms with Crippen LogP contribution in [0.4, 0.5) is 0 Å². The van der Waals surface area contributed by atoms with Gasteiger partial charge in [0.05, 0.1) is 0 Å². The van der Waals surface area contributed by atoms with Crippen LogP contribution in [0.5, 0.6) is 0 Å². The van der Waals surface area contributed by atoms with Gasteiger partial charge in [-0.05, 0) is 59.6 Å². The van der Waals surface area contributed by atoms with Crippen molar-refractivity contribution in [3.05, 3.63) is 107 Å². The molecule has 3 aromatic rings. The molecule has 2 amide bonds. The number of halogens is 1. The number of hydrogen-bond acceptors (Lipinski definition) is 3. The van der Waals surface area contributed by atoms with Crippen molar-refractivity contribution in [1.82, 2.24) is 15.1 Å². The number of piperidine rings is 1. The van der Waals surface area contributed by atoms with Crippen LogP contribution in [0.3, 0.4) is 0 Å². The summed E-state index contributed by atoms with van der Waals surface area (Å²) in [6.45, 7) is 6.31. The molecule has 0 unspecified atom stereocenters. The van der Waals surface area contributed by atoms with Crippen LogP contribution < -0.4 is 5.32 Å². The van der Waals surface area contributed by atoms with E-state index in [-0.39, 0.29) is 24.2 Å². The van der Waals surface area contributed by atoms with Gasteiger partial charge in [-0.2, -0.15) is 0 Å². The molecular weight excluding hydrogens is 518 g/mol. The van der Waals surface area contributed by atoms with Crippen LogP contribution in [0.2, 0.25) is 0 Å². The fraction of sp³-hybridized carbons (Fsp3) is 0.353. The maximum absolute atomic E-state index is 13.8. The van der Waals surface area contributed by atoms with Gasteiger partial charge in [0.1, 0.15) is 5.41 Å². The molecule has 0 atom stereocenters. The lowest BCUT2D eigenvalue weighted by molar-refractivity contribution is -0.125. The smallest absolute Gasteiger partial charge is 0.254 e. The summed E-state index contributed by atoms with van der Waals surface area (Å²) >= 11 is 0. The minimum absolute atomic E-state index is 0. The van der Waals surface area contributed by atoms with E-state index in [0.29, 0.717) is 19.0 Å². The molecule has 208 valence electrons. The molecule has 5 nitrogen and oxygen atoms in total. The highest BCUT2D eigenvalue weighted by Gasteiger charge is 2.48. The molecule has 0 saturated carbocycles. The zero-order chi connectivity index (χ0) is 26.8. The Labute approximate surface area is 243 Å². The highest BCUT2D eigenvalue weighted by Crippen LogP contribution is 2.51. The van der Waals surface area contributed by atoms with E-state index in [0.717, 1.165) is 78.8 Å². The highest BCUT2D eigenvalue weighted by molar-refractivity contribution is 6.01. The van der Waals surface area contributed by atoms with E-state index in [1.54, 1.807) is 0 Å². The molecule has 40 heavy (non-hydrogen) atoms. The van der Waals surface area contributed by atoms with E-state index in [4.69, 9.17) is 0 Å². The predicted octanol–water partition coefficient (Wildman–Crippen LogP) is 5.97. The Morgan fingerprint density at radius 3 is 2.12 bits per heavy atom. The second kappa shape index (κ2) is 12.0. The van der Waals surface area contributed by atoms with Gasteiger partial charge in [0.25, 0.3) is 5.91 Å². The van der Waals surface area contributed by atoms with Gasteiger partial charge in [-0.25, -0.2) is 0 Å². The van der Waals surface area contributed by atoms with Gasteiger partial charge in [-0.1, -0.05) is 85.8 Å².